The number of guanidine groups is 1. The number of methoxy groups -OCH3 is 2. The largest absolute Gasteiger partial charge is 0.493 e. The number of hydrogen-bond acceptors (Lipinski definition) is 4. The van der Waals surface area contributed by atoms with Gasteiger partial charge in [-0.05, 0) is 42.7 Å². The third kappa shape index (κ3) is 7.48. The molecule has 1 heterocycles. The Kier molecular flexibility index (Phi) is 10.8. The first-order valence-corrected chi connectivity index (χ1v) is 10.6. The Labute approximate surface area is 203 Å². The van der Waals surface area contributed by atoms with Crippen LogP contribution < -0.4 is 19.5 Å². The van der Waals surface area contributed by atoms with Gasteiger partial charge in [-0.25, -0.2) is 0 Å². The van der Waals surface area contributed by atoms with Crippen molar-refractivity contribution in [1.82, 2.24) is 10.2 Å². The number of halogens is 1. The predicted octanol–water partition coefficient (Wildman–Crippen LogP) is 4.37. The van der Waals surface area contributed by atoms with Gasteiger partial charge in [0.2, 0.25) is 0 Å². The van der Waals surface area contributed by atoms with Gasteiger partial charge in [0.15, 0.2) is 17.5 Å². The van der Waals surface area contributed by atoms with Crippen molar-refractivity contribution < 1.29 is 14.2 Å². The van der Waals surface area contributed by atoms with Gasteiger partial charge < -0.3 is 24.4 Å². The van der Waals surface area contributed by atoms with Crippen molar-refractivity contribution >= 4 is 29.9 Å². The van der Waals surface area contributed by atoms with Gasteiger partial charge >= 0.3 is 0 Å². The molecule has 3 rings (SSSR count). The molecule has 2 aromatic carbocycles. The molecule has 0 bridgehead atoms. The van der Waals surface area contributed by atoms with Crippen LogP contribution in [0.5, 0.6) is 17.2 Å². The third-order valence-corrected chi connectivity index (χ3v) is 5.37. The van der Waals surface area contributed by atoms with E-state index in [0.29, 0.717) is 0 Å². The number of likely N-dealkylation sites (tertiary alicyclic amines) is 1. The summed E-state index contributed by atoms with van der Waals surface area (Å²) >= 11 is 0. The minimum absolute atomic E-state index is 0. The number of hydrogen-bond donors (Lipinski definition) is 1. The van der Waals surface area contributed by atoms with Crippen LogP contribution in [0.2, 0.25) is 0 Å². The molecule has 1 fully saturated rings. The molecule has 31 heavy (non-hydrogen) atoms. The fourth-order valence-electron chi connectivity index (χ4n) is 3.74. The van der Waals surface area contributed by atoms with E-state index < -0.39 is 0 Å². The van der Waals surface area contributed by atoms with Gasteiger partial charge in [-0.2, -0.15) is 0 Å². The van der Waals surface area contributed by atoms with Gasteiger partial charge in [-0.15, -0.1) is 24.0 Å². The average molecular weight is 539 g/mol. The number of benzene rings is 2. The summed E-state index contributed by atoms with van der Waals surface area (Å²) in [6.45, 7) is 2.78. The summed E-state index contributed by atoms with van der Waals surface area (Å²) in [5.41, 5.74) is 1.24. The molecule has 1 N–H and O–H groups in total. The monoisotopic (exact) mass is 539 g/mol. The molecule has 0 radical (unpaired) electrons. The molecule has 1 aliphatic heterocycles. The maximum Gasteiger partial charge on any atom is 0.193 e. The van der Waals surface area contributed by atoms with Gasteiger partial charge in [0.1, 0.15) is 11.9 Å². The van der Waals surface area contributed by atoms with E-state index in [1.807, 2.05) is 49.5 Å². The zero-order valence-corrected chi connectivity index (χ0v) is 21.0. The summed E-state index contributed by atoms with van der Waals surface area (Å²) in [5.74, 6) is 3.47. The summed E-state index contributed by atoms with van der Waals surface area (Å²) < 4.78 is 16.8. The number of para-hydroxylation sites is 1. The van der Waals surface area contributed by atoms with E-state index in [1.54, 1.807) is 14.2 Å². The van der Waals surface area contributed by atoms with Crippen LogP contribution >= 0.6 is 24.0 Å². The first-order chi connectivity index (χ1) is 14.7. The van der Waals surface area contributed by atoms with Crippen molar-refractivity contribution in [3.63, 3.8) is 0 Å². The fraction of sp³-hybridized carbons (Fsp3) is 0.458. The first-order valence-electron chi connectivity index (χ1n) is 10.6. The topological polar surface area (TPSA) is 55.3 Å². The summed E-state index contributed by atoms with van der Waals surface area (Å²) in [6.07, 6.45) is 4.26. The Morgan fingerprint density at radius 1 is 1.03 bits per heavy atom. The van der Waals surface area contributed by atoms with Crippen LogP contribution in [0.15, 0.2) is 53.5 Å². The highest BCUT2D eigenvalue weighted by molar-refractivity contribution is 14.0. The first kappa shape index (κ1) is 25.1. The van der Waals surface area contributed by atoms with E-state index >= 15 is 0 Å². The van der Waals surface area contributed by atoms with Crippen molar-refractivity contribution in [3.05, 3.63) is 54.1 Å². The minimum Gasteiger partial charge on any atom is -0.493 e. The summed E-state index contributed by atoms with van der Waals surface area (Å²) in [4.78, 5) is 6.79. The van der Waals surface area contributed by atoms with Crippen molar-refractivity contribution in [2.75, 3.05) is 40.9 Å². The molecule has 6 nitrogen and oxygen atoms in total. The molecule has 0 amide bonds. The number of nitrogens with zero attached hydrogens (tertiary/aromatic N) is 2. The molecule has 0 aromatic heterocycles. The summed E-state index contributed by atoms with van der Waals surface area (Å²) in [6, 6.07) is 16.2. The lowest BCUT2D eigenvalue weighted by atomic mass is 10.1. The molecule has 170 valence electrons. The lowest BCUT2D eigenvalue weighted by molar-refractivity contribution is 0.129. The number of aryl methyl sites for hydroxylation is 1. The van der Waals surface area contributed by atoms with Crippen molar-refractivity contribution in [3.8, 4) is 17.2 Å². The number of nitrogens with one attached hydrogen (secondary N) is 1. The Hall–Kier alpha value is -2.16. The normalized spacial score (nSPS) is 14.5. The van der Waals surface area contributed by atoms with E-state index in [9.17, 15) is 0 Å². The lowest BCUT2D eigenvalue weighted by Gasteiger charge is -2.34. The Balaban J connectivity index is 0.00000341. The van der Waals surface area contributed by atoms with Crippen LogP contribution in [0, 0.1) is 0 Å². The summed E-state index contributed by atoms with van der Waals surface area (Å²) in [5, 5.41) is 3.50. The fourth-order valence-corrected chi connectivity index (χ4v) is 3.74. The second-order valence-corrected chi connectivity index (χ2v) is 7.38. The molecule has 1 saturated heterocycles. The Morgan fingerprint density at radius 2 is 1.74 bits per heavy atom. The van der Waals surface area contributed by atoms with Crippen molar-refractivity contribution in [1.29, 1.82) is 0 Å². The molecule has 0 saturated carbocycles. The highest BCUT2D eigenvalue weighted by Crippen LogP contribution is 2.28. The number of ether oxygens (including phenoxy) is 3. The number of piperidine rings is 1. The molecule has 1 aliphatic rings. The highest BCUT2D eigenvalue weighted by atomic mass is 127. The van der Waals surface area contributed by atoms with Gasteiger partial charge in [0, 0.05) is 39.5 Å². The molecule has 2 aromatic rings. The quantitative estimate of drug-likeness (QED) is 0.234. The smallest absolute Gasteiger partial charge is 0.193 e. The molecule has 0 spiro atoms. The second-order valence-electron chi connectivity index (χ2n) is 7.38. The van der Waals surface area contributed by atoms with Gasteiger partial charge in [-0.1, -0.05) is 24.3 Å². The van der Waals surface area contributed by atoms with Crippen molar-refractivity contribution in [2.24, 2.45) is 4.99 Å². The van der Waals surface area contributed by atoms with Crippen LogP contribution in [0.25, 0.3) is 0 Å². The zero-order valence-electron chi connectivity index (χ0n) is 18.7. The standard InChI is InChI=1S/C24H33N3O3.HI/c1-25-24(26-15-7-8-19-11-12-22(28-2)23(18-19)29-3)27-16-13-21(14-17-27)30-20-9-5-4-6-10-20;/h4-6,9-12,18,21H,7-8,13-17H2,1-3H3,(H,25,26);1H. The predicted molar refractivity (Wildman–Crippen MR) is 136 cm³/mol. The van der Waals surface area contributed by atoms with Crippen LogP contribution in [-0.2, 0) is 6.42 Å². The van der Waals surface area contributed by atoms with Gasteiger partial charge in [0.25, 0.3) is 0 Å². The average Bonchev–Trinajstić information content (AvgIpc) is 2.80. The zero-order chi connectivity index (χ0) is 21.2. The summed E-state index contributed by atoms with van der Waals surface area (Å²) in [7, 11) is 5.17. The number of rotatable bonds is 8. The third-order valence-electron chi connectivity index (χ3n) is 5.37. The second kappa shape index (κ2) is 13.3. The van der Waals surface area contributed by atoms with Crippen LogP contribution in [0.1, 0.15) is 24.8 Å². The number of aliphatic imine (C=N–C) groups is 1. The van der Waals surface area contributed by atoms with E-state index in [1.165, 1.54) is 5.56 Å². The van der Waals surface area contributed by atoms with Crippen LogP contribution in [0.3, 0.4) is 0 Å². The molecule has 0 unspecified atom stereocenters. The molecule has 0 aliphatic carbocycles. The van der Waals surface area contributed by atoms with E-state index in [0.717, 1.165) is 68.5 Å². The van der Waals surface area contributed by atoms with Gasteiger partial charge in [-0.3, -0.25) is 4.99 Å². The van der Waals surface area contributed by atoms with E-state index in [4.69, 9.17) is 14.2 Å². The van der Waals surface area contributed by atoms with Gasteiger partial charge in [0.05, 0.1) is 14.2 Å². The molecular weight excluding hydrogens is 505 g/mol. The SMILES string of the molecule is CN=C(NCCCc1ccc(OC)c(OC)c1)N1CCC(Oc2ccccc2)CC1.I. The van der Waals surface area contributed by atoms with E-state index in [-0.39, 0.29) is 30.1 Å². The molecule has 7 heteroatoms. The maximum atomic E-state index is 6.09. The molecule has 0 atom stereocenters. The van der Waals surface area contributed by atoms with E-state index in [2.05, 4.69) is 21.3 Å². The Morgan fingerprint density at radius 3 is 2.39 bits per heavy atom. The maximum absolute atomic E-state index is 6.09. The lowest BCUT2D eigenvalue weighted by Crippen LogP contribution is -2.47. The Bertz CT molecular complexity index is 809. The minimum atomic E-state index is 0. The van der Waals surface area contributed by atoms with Crippen LogP contribution in [0.4, 0.5) is 0 Å². The highest BCUT2D eigenvalue weighted by Gasteiger charge is 2.22. The van der Waals surface area contributed by atoms with Crippen molar-refractivity contribution in [2.45, 2.75) is 31.8 Å². The molecular formula is C24H34IN3O3. The van der Waals surface area contributed by atoms with Crippen LogP contribution in [-0.4, -0.2) is 57.9 Å².